The van der Waals surface area contributed by atoms with Crippen molar-refractivity contribution < 1.29 is 28.4 Å². The van der Waals surface area contributed by atoms with Crippen LogP contribution in [0.4, 0.5) is 0 Å². The highest BCUT2D eigenvalue weighted by Gasteiger charge is 2.58. The summed E-state index contributed by atoms with van der Waals surface area (Å²) in [6.45, 7) is 4.40. The normalized spacial score (nSPS) is 24.8. The molecule has 0 aliphatic carbocycles. The molecule has 1 saturated heterocycles. The van der Waals surface area contributed by atoms with Crippen LogP contribution in [0, 0.1) is 0 Å². The molecule has 6 rings (SSSR count). The molecule has 228 valence electrons. The molecule has 6 heteroatoms. The van der Waals surface area contributed by atoms with Crippen molar-refractivity contribution in [3.05, 3.63) is 155 Å². The zero-order valence-corrected chi connectivity index (χ0v) is 25.1. The van der Waals surface area contributed by atoms with Crippen molar-refractivity contribution in [2.75, 3.05) is 13.2 Å². The summed E-state index contributed by atoms with van der Waals surface area (Å²) in [5, 5.41) is 0. The molecular weight excluding hydrogens is 552 g/mol. The van der Waals surface area contributed by atoms with Gasteiger partial charge in [-0.05, 0) is 40.8 Å². The molecule has 5 atom stereocenters. The maximum Gasteiger partial charge on any atom is 0.218 e. The van der Waals surface area contributed by atoms with Crippen LogP contribution in [0.25, 0.3) is 0 Å². The van der Waals surface area contributed by atoms with Crippen molar-refractivity contribution in [1.29, 1.82) is 0 Å². The van der Waals surface area contributed by atoms with Gasteiger partial charge in [0.25, 0.3) is 0 Å². The van der Waals surface area contributed by atoms with Crippen molar-refractivity contribution in [2.24, 2.45) is 0 Å². The zero-order chi connectivity index (χ0) is 30.0. The van der Waals surface area contributed by atoms with E-state index in [0.29, 0.717) is 39.6 Å². The van der Waals surface area contributed by atoms with E-state index in [1.165, 1.54) is 0 Å². The van der Waals surface area contributed by atoms with E-state index in [1.807, 2.05) is 85.8 Å². The second-order valence-corrected chi connectivity index (χ2v) is 11.4. The maximum atomic E-state index is 6.87. The molecule has 0 saturated carbocycles. The van der Waals surface area contributed by atoms with E-state index >= 15 is 0 Å². The first kappa shape index (κ1) is 30.4. The Bertz CT molecular complexity index is 1450. The van der Waals surface area contributed by atoms with Gasteiger partial charge < -0.3 is 28.4 Å². The second-order valence-electron chi connectivity index (χ2n) is 11.4. The van der Waals surface area contributed by atoms with Gasteiger partial charge in [0.15, 0.2) is 0 Å². The summed E-state index contributed by atoms with van der Waals surface area (Å²) < 4.78 is 39.8. The Morgan fingerprint density at radius 2 is 1.05 bits per heavy atom. The summed E-state index contributed by atoms with van der Waals surface area (Å²) in [6.07, 6.45) is -0.0705. The van der Waals surface area contributed by atoms with E-state index in [-0.39, 0.29) is 0 Å². The molecule has 0 bridgehead atoms. The van der Waals surface area contributed by atoms with Gasteiger partial charge in [-0.25, -0.2) is 0 Å². The molecule has 4 aromatic carbocycles. The van der Waals surface area contributed by atoms with Gasteiger partial charge in [-0.15, -0.1) is 0 Å². The predicted molar refractivity (Wildman–Crippen MR) is 168 cm³/mol. The highest BCUT2D eigenvalue weighted by molar-refractivity contribution is 5.21. The van der Waals surface area contributed by atoms with Crippen LogP contribution in [-0.2, 0) is 54.8 Å². The maximum absolute atomic E-state index is 6.87. The zero-order valence-electron chi connectivity index (χ0n) is 25.1. The third kappa shape index (κ3) is 7.71. The molecule has 6 nitrogen and oxygen atoms in total. The van der Waals surface area contributed by atoms with Crippen LogP contribution < -0.4 is 0 Å². The van der Waals surface area contributed by atoms with Gasteiger partial charge in [0.1, 0.15) is 24.4 Å². The van der Waals surface area contributed by atoms with Crippen molar-refractivity contribution in [1.82, 2.24) is 0 Å². The molecule has 4 aromatic rings. The minimum absolute atomic E-state index is 0.295. The summed E-state index contributed by atoms with van der Waals surface area (Å²) in [5.74, 6) is -1.15. The van der Waals surface area contributed by atoms with Crippen LogP contribution in [0.15, 0.2) is 133 Å². The van der Waals surface area contributed by atoms with Gasteiger partial charge in [0, 0.05) is 0 Å². The number of hydrogen-bond donors (Lipinski definition) is 0. The average molecular weight is 593 g/mol. The average Bonchev–Trinajstić information content (AvgIpc) is 3.44. The Morgan fingerprint density at radius 1 is 0.591 bits per heavy atom. The summed E-state index contributed by atoms with van der Waals surface area (Å²) in [4.78, 5) is 0. The fourth-order valence-corrected chi connectivity index (χ4v) is 5.75. The summed E-state index contributed by atoms with van der Waals surface area (Å²) in [7, 11) is 0. The summed E-state index contributed by atoms with van der Waals surface area (Å²) in [5.41, 5.74) is 5.35. The van der Waals surface area contributed by atoms with Crippen molar-refractivity contribution in [2.45, 2.75) is 63.6 Å². The van der Waals surface area contributed by atoms with Gasteiger partial charge in [0.05, 0.1) is 39.6 Å². The molecule has 2 heterocycles. The summed E-state index contributed by atoms with van der Waals surface area (Å²) in [6, 6.07) is 40.6. The van der Waals surface area contributed by atoms with E-state index in [1.54, 1.807) is 0 Å². The van der Waals surface area contributed by atoms with Crippen LogP contribution >= 0.6 is 0 Å². The van der Waals surface area contributed by atoms with Gasteiger partial charge >= 0.3 is 0 Å². The monoisotopic (exact) mass is 592 g/mol. The second kappa shape index (κ2) is 14.9. The lowest BCUT2D eigenvalue weighted by molar-refractivity contribution is -0.357. The molecule has 0 aromatic heterocycles. The lowest BCUT2D eigenvalue weighted by Gasteiger charge is -2.50. The molecule has 2 aliphatic rings. The summed E-state index contributed by atoms with van der Waals surface area (Å²) >= 11 is 0. The van der Waals surface area contributed by atoms with Crippen LogP contribution in [0.2, 0.25) is 0 Å². The highest BCUT2D eigenvalue weighted by Crippen LogP contribution is 2.42. The Morgan fingerprint density at radius 3 is 1.52 bits per heavy atom. The standard InChI is InChI=1S/C38H40O6/c1-29-22-38(43-23-29)37(42-27-33-20-12-5-13-21-33)36(41-26-32-18-10-4-11-19-32)35(40-25-31-16-8-3-9-17-31)34(44-38)28-39-24-30-14-6-2-7-15-30/h2-22,34-37H,23-28H2,1H3/t34-,35-,36+,37+,38+/m1/s1. The van der Waals surface area contributed by atoms with Crippen molar-refractivity contribution >= 4 is 0 Å². The highest BCUT2D eigenvalue weighted by atomic mass is 16.7. The van der Waals surface area contributed by atoms with Gasteiger partial charge in [-0.3, -0.25) is 0 Å². The minimum Gasteiger partial charge on any atom is -0.374 e. The fraction of sp³-hybridized carbons (Fsp3) is 0.316. The predicted octanol–water partition coefficient (Wildman–Crippen LogP) is 7.03. The first-order chi connectivity index (χ1) is 21.7. The molecule has 1 fully saturated rings. The largest absolute Gasteiger partial charge is 0.374 e. The molecule has 2 aliphatic heterocycles. The first-order valence-corrected chi connectivity index (χ1v) is 15.3. The number of ether oxygens (including phenoxy) is 6. The number of benzene rings is 4. The van der Waals surface area contributed by atoms with Crippen molar-refractivity contribution in [3.8, 4) is 0 Å². The molecule has 0 radical (unpaired) electrons. The quantitative estimate of drug-likeness (QED) is 0.155. The van der Waals surface area contributed by atoms with Crippen LogP contribution in [-0.4, -0.2) is 43.4 Å². The SMILES string of the molecule is CC1=C[C@]2(OC1)O[C@H](COCc1ccccc1)[C@@H](OCc1ccccc1)[C@H](OCc1ccccc1)[C@@H]2OCc1ccccc1. The molecular formula is C38H40O6. The molecule has 0 unspecified atom stereocenters. The van der Waals surface area contributed by atoms with Crippen molar-refractivity contribution in [3.63, 3.8) is 0 Å². The van der Waals surface area contributed by atoms with E-state index in [9.17, 15) is 0 Å². The first-order valence-electron chi connectivity index (χ1n) is 15.3. The third-order valence-electron chi connectivity index (χ3n) is 7.93. The molecule has 0 N–H and O–H groups in total. The Balaban J connectivity index is 1.32. The molecule has 44 heavy (non-hydrogen) atoms. The number of hydrogen-bond acceptors (Lipinski definition) is 6. The lowest BCUT2D eigenvalue weighted by Crippen LogP contribution is -2.66. The molecule has 1 spiro atoms. The van der Waals surface area contributed by atoms with E-state index < -0.39 is 30.2 Å². The topological polar surface area (TPSA) is 55.4 Å². The smallest absolute Gasteiger partial charge is 0.218 e. The number of rotatable bonds is 13. The van der Waals surface area contributed by atoms with E-state index in [2.05, 4.69) is 48.5 Å². The van der Waals surface area contributed by atoms with E-state index in [4.69, 9.17) is 28.4 Å². The third-order valence-corrected chi connectivity index (χ3v) is 7.93. The van der Waals surface area contributed by atoms with Crippen LogP contribution in [0.1, 0.15) is 29.2 Å². The fourth-order valence-electron chi connectivity index (χ4n) is 5.75. The van der Waals surface area contributed by atoms with E-state index in [0.717, 1.165) is 27.8 Å². The van der Waals surface area contributed by atoms with Gasteiger partial charge in [-0.2, -0.15) is 0 Å². The Hall–Kier alpha value is -3.62. The van der Waals surface area contributed by atoms with Gasteiger partial charge in [0.2, 0.25) is 5.79 Å². The Labute approximate surface area is 260 Å². The van der Waals surface area contributed by atoms with Crippen LogP contribution in [0.5, 0.6) is 0 Å². The van der Waals surface area contributed by atoms with Crippen LogP contribution in [0.3, 0.4) is 0 Å². The lowest BCUT2D eigenvalue weighted by atomic mass is 9.91. The van der Waals surface area contributed by atoms with Gasteiger partial charge in [-0.1, -0.05) is 121 Å². The Kier molecular flexibility index (Phi) is 10.3. The minimum atomic E-state index is -1.15. The molecule has 0 amide bonds.